The number of aliphatic carboxylic acids is 1. The van der Waals surface area contributed by atoms with Gasteiger partial charge in [-0.25, -0.2) is 4.98 Å². The minimum atomic E-state index is -1.16. The molecule has 1 aromatic rings. The minimum absolute atomic E-state index is 0.0671. The monoisotopic (exact) mass is 360 g/mol. The van der Waals surface area contributed by atoms with Crippen LogP contribution < -0.4 is 0 Å². The van der Waals surface area contributed by atoms with Gasteiger partial charge in [0, 0.05) is 12.6 Å². The van der Waals surface area contributed by atoms with E-state index in [0.29, 0.717) is 10.7 Å². The molecule has 0 spiro atoms. The van der Waals surface area contributed by atoms with Gasteiger partial charge in [-0.3, -0.25) is 19.3 Å². The smallest absolute Gasteiger partial charge is 0.318 e. The number of pyridine rings is 1. The number of carbonyl (C=O) groups is 3. The Bertz CT molecular complexity index is 563. The standard InChI is InChI=1S/C12H10BrClN2O4/c13-10(12(19)20)7-3-9(17)16(11(7)18)5-6-1-2-8(14)15-4-6/h1-2,4,7,10H,3,5H2,(H,19,20). The molecule has 0 radical (unpaired) electrons. The number of likely N-dealkylation sites (tertiary alicyclic amines) is 1. The van der Waals surface area contributed by atoms with Gasteiger partial charge in [-0.2, -0.15) is 0 Å². The first-order chi connectivity index (χ1) is 9.40. The molecule has 0 saturated carbocycles. The average Bonchev–Trinajstić information content (AvgIpc) is 2.68. The maximum Gasteiger partial charge on any atom is 0.318 e. The topological polar surface area (TPSA) is 87.6 Å². The first-order valence-corrected chi connectivity index (χ1v) is 7.01. The first-order valence-electron chi connectivity index (χ1n) is 5.71. The molecule has 0 aliphatic carbocycles. The maximum atomic E-state index is 12.1. The number of hydrogen-bond donors (Lipinski definition) is 1. The van der Waals surface area contributed by atoms with Gasteiger partial charge in [0.2, 0.25) is 11.8 Å². The molecule has 2 unspecified atom stereocenters. The Morgan fingerprint density at radius 1 is 1.55 bits per heavy atom. The third kappa shape index (κ3) is 2.99. The highest BCUT2D eigenvalue weighted by Crippen LogP contribution is 2.28. The van der Waals surface area contributed by atoms with Crippen molar-refractivity contribution in [2.45, 2.75) is 17.8 Å². The Labute approximate surface area is 127 Å². The lowest BCUT2D eigenvalue weighted by Gasteiger charge is -2.15. The Morgan fingerprint density at radius 3 is 2.80 bits per heavy atom. The van der Waals surface area contributed by atoms with E-state index in [2.05, 4.69) is 20.9 Å². The molecule has 8 heteroatoms. The van der Waals surface area contributed by atoms with Crippen molar-refractivity contribution in [3.8, 4) is 0 Å². The third-order valence-corrected chi connectivity index (χ3v) is 4.25. The normalized spacial score (nSPS) is 20.3. The van der Waals surface area contributed by atoms with E-state index in [1.807, 2.05) is 0 Å². The van der Waals surface area contributed by atoms with Gasteiger partial charge in [0.1, 0.15) is 9.98 Å². The van der Waals surface area contributed by atoms with Crippen molar-refractivity contribution < 1.29 is 19.5 Å². The molecule has 6 nitrogen and oxygen atoms in total. The fourth-order valence-corrected chi connectivity index (χ4v) is 2.48. The van der Waals surface area contributed by atoms with E-state index in [1.165, 1.54) is 6.20 Å². The van der Waals surface area contributed by atoms with Crippen LogP contribution in [0.5, 0.6) is 0 Å². The predicted octanol–water partition coefficient (Wildman–Crippen LogP) is 1.46. The maximum absolute atomic E-state index is 12.1. The van der Waals surface area contributed by atoms with Crippen LogP contribution in [-0.4, -0.2) is 37.6 Å². The second kappa shape index (κ2) is 5.88. The second-order valence-corrected chi connectivity index (χ2v) is 5.73. The molecule has 1 fully saturated rings. The number of rotatable bonds is 4. The van der Waals surface area contributed by atoms with E-state index in [-0.39, 0.29) is 18.9 Å². The molecule has 0 aromatic carbocycles. The van der Waals surface area contributed by atoms with Crippen LogP contribution in [0.15, 0.2) is 18.3 Å². The van der Waals surface area contributed by atoms with Crippen LogP contribution in [0.2, 0.25) is 5.15 Å². The van der Waals surface area contributed by atoms with Crippen molar-refractivity contribution in [2.75, 3.05) is 0 Å². The van der Waals surface area contributed by atoms with E-state index in [9.17, 15) is 14.4 Å². The number of hydrogen-bond acceptors (Lipinski definition) is 4. The first kappa shape index (κ1) is 14.9. The highest BCUT2D eigenvalue weighted by molar-refractivity contribution is 9.10. The molecule has 0 bridgehead atoms. The molecule has 1 aromatic heterocycles. The molecule has 1 saturated heterocycles. The summed E-state index contributed by atoms with van der Waals surface area (Å²) in [6.07, 6.45) is 1.36. The quantitative estimate of drug-likeness (QED) is 0.498. The van der Waals surface area contributed by atoms with Crippen LogP contribution in [0, 0.1) is 5.92 Å². The van der Waals surface area contributed by atoms with Crippen molar-refractivity contribution in [1.29, 1.82) is 0 Å². The van der Waals surface area contributed by atoms with E-state index < -0.39 is 22.6 Å². The van der Waals surface area contributed by atoms with Crippen molar-refractivity contribution in [3.63, 3.8) is 0 Å². The summed E-state index contributed by atoms with van der Waals surface area (Å²) in [5, 5.41) is 9.22. The fraction of sp³-hybridized carbons (Fsp3) is 0.333. The summed E-state index contributed by atoms with van der Waals surface area (Å²) in [6, 6.07) is 3.22. The van der Waals surface area contributed by atoms with Crippen molar-refractivity contribution in [2.24, 2.45) is 5.92 Å². The number of carbonyl (C=O) groups excluding carboxylic acids is 2. The lowest BCUT2D eigenvalue weighted by molar-refractivity contribution is -0.143. The number of alkyl halides is 1. The highest BCUT2D eigenvalue weighted by Gasteiger charge is 2.44. The summed E-state index contributed by atoms with van der Waals surface area (Å²) in [6.45, 7) is 0.0671. The molecule has 2 amide bonds. The van der Waals surface area contributed by atoms with Crippen LogP contribution in [0.25, 0.3) is 0 Å². The molecule has 2 rings (SSSR count). The van der Waals surface area contributed by atoms with Crippen LogP contribution in [-0.2, 0) is 20.9 Å². The molecule has 1 aliphatic heterocycles. The number of amides is 2. The Morgan fingerprint density at radius 2 is 2.25 bits per heavy atom. The zero-order valence-corrected chi connectivity index (χ0v) is 12.5. The zero-order chi connectivity index (χ0) is 14.9. The van der Waals surface area contributed by atoms with Gasteiger partial charge < -0.3 is 5.11 Å². The van der Waals surface area contributed by atoms with Gasteiger partial charge >= 0.3 is 5.97 Å². The van der Waals surface area contributed by atoms with Gasteiger partial charge in [0.15, 0.2) is 0 Å². The van der Waals surface area contributed by atoms with Crippen LogP contribution >= 0.6 is 27.5 Å². The summed E-state index contributed by atoms with van der Waals surface area (Å²) < 4.78 is 0. The zero-order valence-electron chi connectivity index (χ0n) is 10.1. The molecule has 1 N–H and O–H groups in total. The molecule has 2 atom stereocenters. The largest absolute Gasteiger partial charge is 0.480 e. The fourth-order valence-electron chi connectivity index (χ4n) is 1.96. The number of imide groups is 1. The van der Waals surface area contributed by atoms with Crippen LogP contribution in [0.1, 0.15) is 12.0 Å². The summed E-state index contributed by atoms with van der Waals surface area (Å²) in [7, 11) is 0. The van der Waals surface area contributed by atoms with Crippen molar-refractivity contribution in [3.05, 3.63) is 29.0 Å². The summed E-state index contributed by atoms with van der Waals surface area (Å²) in [4.78, 5) is 38.7. The molecular weight excluding hydrogens is 351 g/mol. The summed E-state index contributed by atoms with van der Waals surface area (Å²) in [5.74, 6) is -2.92. The summed E-state index contributed by atoms with van der Waals surface area (Å²) >= 11 is 8.59. The lowest BCUT2D eigenvalue weighted by atomic mass is 10.0. The van der Waals surface area contributed by atoms with E-state index in [0.717, 1.165) is 4.90 Å². The number of nitrogens with zero attached hydrogens (tertiary/aromatic N) is 2. The molecule has 106 valence electrons. The van der Waals surface area contributed by atoms with Gasteiger partial charge in [0.05, 0.1) is 12.5 Å². The summed E-state index contributed by atoms with van der Waals surface area (Å²) in [5.41, 5.74) is 0.651. The van der Waals surface area contributed by atoms with E-state index >= 15 is 0 Å². The SMILES string of the molecule is O=C(O)C(Br)C1CC(=O)N(Cc2ccc(Cl)nc2)C1=O. The number of carboxylic acid groups (broad SMARTS) is 1. The molecule has 1 aliphatic rings. The number of carboxylic acids is 1. The van der Waals surface area contributed by atoms with Crippen LogP contribution in [0.4, 0.5) is 0 Å². The Kier molecular flexibility index (Phi) is 4.39. The third-order valence-electron chi connectivity index (χ3n) is 3.00. The minimum Gasteiger partial charge on any atom is -0.480 e. The van der Waals surface area contributed by atoms with E-state index in [1.54, 1.807) is 12.1 Å². The lowest BCUT2D eigenvalue weighted by Crippen LogP contribution is -2.34. The highest BCUT2D eigenvalue weighted by atomic mass is 79.9. The van der Waals surface area contributed by atoms with Gasteiger partial charge in [0.25, 0.3) is 0 Å². The van der Waals surface area contributed by atoms with E-state index in [4.69, 9.17) is 16.7 Å². The second-order valence-electron chi connectivity index (χ2n) is 4.36. The van der Waals surface area contributed by atoms with Gasteiger partial charge in [-0.1, -0.05) is 33.6 Å². The van der Waals surface area contributed by atoms with Crippen molar-refractivity contribution in [1.82, 2.24) is 9.88 Å². The molecule has 2 heterocycles. The Balaban J connectivity index is 2.13. The number of aromatic nitrogens is 1. The number of halogens is 2. The average molecular weight is 362 g/mol. The Hall–Kier alpha value is -1.47. The molecular formula is C12H10BrClN2O4. The van der Waals surface area contributed by atoms with Gasteiger partial charge in [-0.05, 0) is 11.6 Å². The van der Waals surface area contributed by atoms with Crippen LogP contribution in [0.3, 0.4) is 0 Å². The van der Waals surface area contributed by atoms with Gasteiger partial charge in [-0.15, -0.1) is 0 Å². The van der Waals surface area contributed by atoms with Crippen molar-refractivity contribution >= 4 is 45.3 Å². The molecule has 20 heavy (non-hydrogen) atoms. The predicted molar refractivity (Wildman–Crippen MR) is 73.3 cm³/mol.